The molecule has 0 spiro atoms. The van der Waals surface area contributed by atoms with E-state index in [1.54, 1.807) is 42.5 Å². The van der Waals surface area contributed by atoms with Crippen molar-refractivity contribution in [3.8, 4) is 11.5 Å². The van der Waals surface area contributed by atoms with E-state index in [1.807, 2.05) is 24.3 Å². The molecule has 0 heterocycles. The summed E-state index contributed by atoms with van der Waals surface area (Å²) in [5, 5.41) is 2.74. The first-order valence-corrected chi connectivity index (χ1v) is 12.8. The molecular weight excluding hydrogens is 464 g/mol. The number of methoxy groups -OCH3 is 1. The van der Waals surface area contributed by atoms with Gasteiger partial charge in [0.15, 0.2) is 0 Å². The van der Waals surface area contributed by atoms with E-state index in [0.29, 0.717) is 17.2 Å². The topological polar surface area (TPSA) is 84.9 Å². The van der Waals surface area contributed by atoms with Gasteiger partial charge in [-0.05, 0) is 47.4 Å². The van der Waals surface area contributed by atoms with Gasteiger partial charge < -0.3 is 14.8 Å². The van der Waals surface area contributed by atoms with Crippen LogP contribution in [0.25, 0.3) is 0 Å². The molecule has 3 aromatic carbocycles. The minimum Gasteiger partial charge on any atom is -0.497 e. The van der Waals surface area contributed by atoms with Gasteiger partial charge in [0, 0.05) is 6.07 Å². The maximum atomic E-state index is 13.4. The van der Waals surface area contributed by atoms with Crippen LogP contribution in [-0.2, 0) is 20.2 Å². The number of carbonyl (C=O) groups excluding carboxylic acids is 1. The monoisotopic (exact) mass is 496 g/mol. The summed E-state index contributed by atoms with van der Waals surface area (Å²) in [5.41, 5.74) is 1.59. The van der Waals surface area contributed by atoms with Gasteiger partial charge in [0.05, 0.1) is 24.2 Å². The third-order valence-corrected chi connectivity index (χ3v) is 7.16. The molecule has 0 saturated carbocycles. The Morgan fingerprint density at radius 2 is 1.60 bits per heavy atom. The predicted octanol–water partition coefficient (Wildman–Crippen LogP) is 4.38. The molecule has 0 radical (unpaired) electrons. The smallest absolute Gasteiger partial charge is 0.264 e. The maximum Gasteiger partial charge on any atom is 0.264 e. The van der Waals surface area contributed by atoms with Gasteiger partial charge in [-0.3, -0.25) is 9.10 Å². The normalized spacial score (nSPS) is 11.5. The van der Waals surface area contributed by atoms with Gasteiger partial charge in [-0.2, -0.15) is 0 Å². The molecule has 3 rings (SSSR count). The highest BCUT2D eigenvalue weighted by molar-refractivity contribution is 7.92. The van der Waals surface area contributed by atoms with Crippen LogP contribution in [-0.4, -0.2) is 41.1 Å². The highest BCUT2D eigenvalue weighted by atomic mass is 32.2. The Hall–Kier alpha value is -3.52. The van der Waals surface area contributed by atoms with Crippen molar-refractivity contribution in [1.29, 1.82) is 0 Å². The van der Waals surface area contributed by atoms with Crippen LogP contribution in [0.3, 0.4) is 0 Å². The SMILES string of the molecule is COc1cccc(N(CC(=O)NCCOc2ccc(C(C)(C)C)cc2)S(=O)(=O)c2ccccc2)c1. The first-order chi connectivity index (χ1) is 16.6. The van der Waals surface area contributed by atoms with E-state index in [9.17, 15) is 13.2 Å². The molecule has 35 heavy (non-hydrogen) atoms. The lowest BCUT2D eigenvalue weighted by molar-refractivity contribution is -0.119. The summed E-state index contributed by atoms with van der Waals surface area (Å²) in [4.78, 5) is 12.8. The summed E-state index contributed by atoms with van der Waals surface area (Å²) < 4.78 is 38.8. The summed E-state index contributed by atoms with van der Waals surface area (Å²) in [7, 11) is -2.48. The molecular formula is C27H32N2O5S. The van der Waals surface area contributed by atoms with Crippen molar-refractivity contribution < 1.29 is 22.7 Å². The van der Waals surface area contributed by atoms with Crippen LogP contribution in [0, 0.1) is 0 Å². The number of amides is 1. The fraction of sp³-hybridized carbons (Fsp3) is 0.296. The van der Waals surface area contributed by atoms with Crippen LogP contribution in [0.15, 0.2) is 83.8 Å². The number of ether oxygens (including phenoxy) is 2. The largest absolute Gasteiger partial charge is 0.497 e. The van der Waals surface area contributed by atoms with Crippen molar-refractivity contribution >= 4 is 21.6 Å². The minimum atomic E-state index is -3.98. The summed E-state index contributed by atoms with van der Waals surface area (Å²) in [6.07, 6.45) is 0. The van der Waals surface area contributed by atoms with Crippen molar-refractivity contribution in [2.45, 2.75) is 31.1 Å². The number of nitrogens with zero attached hydrogens (tertiary/aromatic N) is 1. The highest BCUT2D eigenvalue weighted by Gasteiger charge is 2.27. The maximum absolute atomic E-state index is 13.4. The molecule has 0 aliphatic heterocycles. The zero-order valence-electron chi connectivity index (χ0n) is 20.5. The highest BCUT2D eigenvalue weighted by Crippen LogP contribution is 2.27. The molecule has 0 atom stereocenters. The molecule has 186 valence electrons. The lowest BCUT2D eigenvalue weighted by Gasteiger charge is -2.24. The van der Waals surface area contributed by atoms with Gasteiger partial charge in [-0.25, -0.2) is 8.42 Å². The molecule has 1 amide bonds. The summed E-state index contributed by atoms with van der Waals surface area (Å²) in [6, 6.07) is 22.5. The van der Waals surface area contributed by atoms with E-state index in [1.165, 1.54) is 24.8 Å². The van der Waals surface area contributed by atoms with E-state index in [-0.39, 0.29) is 30.0 Å². The van der Waals surface area contributed by atoms with Crippen molar-refractivity contribution in [3.05, 3.63) is 84.4 Å². The third-order valence-electron chi connectivity index (χ3n) is 5.37. The van der Waals surface area contributed by atoms with Gasteiger partial charge in [0.2, 0.25) is 5.91 Å². The number of hydrogen-bond acceptors (Lipinski definition) is 5. The van der Waals surface area contributed by atoms with Crippen LogP contribution in [0.5, 0.6) is 11.5 Å². The quantitative estimate of drug-likeness (QED) is 0.421. The molecule has 0 aliphatic rings. The summed E-state index contributed by atoms with van der Waals surface area (Å²) >= 11 is 0. The van der Waals surface area contributed by atoms with Crippen LogP contribution in [0.4, 0.5) is 5.69 Å². The number of anilines is 1. The van der Waals surface area contributed by atoms with Crippen LogP contribution < -0.4 is 19.1 Å². The zero-order chi connectivity index (χ0) is 25.5. The molecule has 0 fully saturated rings. The van der Waals surface area contributed by atoms with E-state index < -0.39 is 15.9 Å². The van der Waals surface area contributed by atoms with Crippen molar-refractivity contribution in [1.82, 2.24) is 5.32 Å². The first-order valence-electron chi connectivity index (χ1n) is 11.3. The van der Waals surface area contributed by atoms with Gasteiger partial charge in [0.1, 0.15) is 24.7 Å². The van der Waals surface area contributed by atoms with E-state index in [4.69, 9.17) is 9.47 Å². The molecule has 3 aromatic rings. The molecule has 0 saturated heterocycles. The Morgan fingerprint density at radius 1 is 0.914 bits per heavy atom. The van der Waals surface area contributed by atoms with Crippen molar-refractivity contribution in [3.63, 3.8) is 0 Å². The van der Waals surface area contributed by atoms with E-state index in [0.717, 1.165) is 4.31 Å². The Labute approximate surface area is 207 Å². The fourth-order valence-electron chi connectivity index (χ4n) is 3.40. The molecule has 0 bridgehead atoms. The van der Waals surface area contributed by atoms with Crippen LogP contribution in [0.2, 0.25) is 0 Å². The summed E-state index contributed by atoms with van der Waals surface area (Å²) in [6.45, 7) is 6.54. The zero-order valence-corrected chi connectivity index (χ0v) is 21.3. The third kappa shape index (κ3) is 6.99. The van der Waals surface area contributed by atoms with Gasteiger partial charge >= 0.3 is 0 Å². The Morgan fingerprint density at radius 3 is 2.23 bits per heavy atom. The van der Waals surface area contributed by atoms with E-state index >= 15 is 0 Å². The van der Waals surface area contributed by atoms with Gasteiger partial charge in [-0.1, -0.05) is 57.2 Å². The predicted molar refractivity (Wildman–Crippen MR) is 138 cm³/mol. The second-order valence-corrected chi connectivity index (χ2v) is 10.9. The lowest BCUT2D eigenvalue weighted by Crippen LogP contribution is -2.41. The standard InChI is InChI=1S/C27H32N2O5S/c1-27(2,3)21-13-15-23(16-14-21)34-18-17-28-26(30)20-29(22-9-8-10-24(19-22)33-4)35(31,32)25-11-6-5-7-12-25/h5-16,19H,17-18,20H2,1-4H3,(H,28,30). The lowest BCUT2D eigenvalue weighted by atomic mass is 9.87. The number of nitrogens with one attached hydrogen (secondary N) is 1. The summed E-state index contributed by atoms with van der Waals surface area (Å²) in [5.74, 6) is 0.748. The fourth-order valence-corrected chi connectivity index (χ4v) is 4.83. The average molecular weight is 497 g/mol. The first kappa shape index (κ1) is 26.1. The minimum absolute atomic E-state index is 0.0568. The number of benzene rings is 3. The number of rotatable bonds is 10. The van der Waals surface area contributed by atoms with Crippen LogP contribution >= 0.6 is 0 Å². The van der Waals surface area contributed by atoms with Gasteiger partial charge in [-0.15, -0.1) is 0 Å². The molecule has 1 N–H and O–H groups in total. The number of sulfonamides is 1. The van der Waals surface area contributed by atoms with Gasteiger partial charge in [0.25, 0.3) is 10.0 Å². The molecule has 0 aliphatic carbocycles. The van der Waals surface area contributed by atoms with Crippen molar-refractivity contribution in [2.75, 3.05) is 31.1 Å². The molecule has 0 aromatic heterocycles. The Balaban J connectivity index is 1.66. The average Bonchev–Trinajstić information content (AvgIpc) is 2.85. The second-order valence-electron chi connectivity index (χ2n) is 9.00. The Bertz CT molecular complexity index is 1220. The van der Waals surface area contributed by atoms with E-state index in [2.05, 4.69) is 26.1 Å². The number of carbonyl (C=O) groups is 1. The van der Waals surface area contributed by atoms with Crippen LogP contribution in [0.1, 0.15) is 26.3 Å². The Kier molecular flexibility index (Phi) is 8.40. The molecule has 7 nitrogen and oxygen atoms in total. The molecule has 8 heteroatoms. The number of hydrogen-bond donors (Lipinski definition) is 1. The van der Waals surface area contributed by atoms with Crippen molar-refractivity contribution in [2.24, 2.45) is 0 Å². The molecule has 0 unspecified atom stereocenters. The second kappa shape index (κ2) is 11.3.